The van der Waals surface area contributed by atoms with E-state index in [-0.39, 0.29) is 27.6 Å². The van der Waals surface area contributed by atoms with Crippen LogP contribution in [0.25, 0.3) is 0 Å². The molecule has 8 rings (SSSR count). The molecule has 35 heavy (non-hydrogen) atoms. The van der Waals surface area contributed by atoms with Crippen LogP contribution in [-0.2, 0) is 15.6 Å². The van der Waals surface area contributed by atoms with Crippen LogP contribution in [0.3, 0.4) is 0 Å². The summed E-state index contributed by atoms with van der Waals surface area (Å²) in [6.07, 6.45) is 8.42. The van der Waals surface area contributed by atoms with Crippen molar-refractivity contribution < 1.29 is 13.7 Å². The smallest absolute Gasteiger partial charge is 0.232 e. The summed E-state index contributed by atoms with van der Waals surface area (Å²) in [5, 5.41) is 4.42. The number of aromatic nitrogens is 2. The zero-order chi connectivity index (χ0) is 24.7. The van der Waals surface area contributed by atoms with Crippen molar-refractivity contribution in [3.05, 3.63) is 40.5 Å². The number of alkyl halides is 1. The van der Waals surface area contributed by atoms with E-state index in [2.05, 4.69) is 41.9 Å². The molecule has 6 aliphatic rings. The normalized spacial score (nSPS) is 35.3. The highest BCUT2D eigenvalue weighted by Gasteiger charge is 2.69. The van der Waals surface area contributed by atoms with Gasteiger partial charge in [-0.05, 0) is 86.8 Å². The second-order valence-electron chi connectivity index (χ2n) is 13.3. The van der Waals surface area contributed by atoms with E-state index in [1.807, 2.05) is 29.2 Å². The van der Waals surface area contributed by atoms with E-state index >= 15 is 0 Å². The average molecular weight is 545 g/mol. The monoisotopic (exact) mass is 543 g/mol. The molecule has 0 saturated heterocycles. The number of anilines is 1. The third-order valence-electron chi connectivity index (χ3n) is 9.46. The number of hydrogen-bond donors (Lipinski definition) is 0. The van der Waals surface area contributed by atoms with Gasteiger partial charge in [-0.1, -0.05) is 47.9 Å². The van der Waals surface area contributed by atoms with E-state index in [0.717, 1.165) is 61.1 Å². The molecule has 1 aromatic carbocycles. The summed E-state index contributed by atoms with van der Waals surface area (Å²) in [5.74, 6) is 1.73. The molecule has 4 bridgehead atoms. The van der Waals surface area contributed by atoms with Gasteiger partial charge in [0.15, 0.2) is 5.82 Å². The van der Waals surface area contributed by atoms with Crippen LogP contribution in [0.2, 0.25) is 0 Å². The quantitative estimate of drug-likeness (QED) is 0.392. The molecule has 7 heteroatoms. The van der Waals surface area contributed by atoms with Crippen LogP contribution in [0.15, 0.2) is 33.3 Å². The zero-order valence-electron chi connectivity index (χ0n) is 21.0. The molecule has 188 valence electrons. The lowest BCUT2D eigenvalue weighted by Crippen LogP contribution is -2.65. The molecule has 6 aliphatic carbocycles. The Morgan fingerprint density at radius 2 is 1.74 bits per heavy atom. The summed E-state index contributed by atoms with van der Waals surface area (Å²) in [6.45, 7) is 7.03. The number of hydrogen-bond acceptors (Lipinski definition) is 4. The molecule has 0 radical (unpaired) electrons. The first-order valence-corrected chi connectivity index (χ1v) is 13.8. The maximum absolute atomic E-state index is 14.1. The molecule has 0 unspecified atom stereocenters. The molecule has 0 N–H and O–H groups in total. The van der Waals surface area contributed by atoms with Crippen molar-refractivity contribution in [1.82, 2.24) is 10.1 Å². The van der Waals surface area contributed by atoms with Crippen LogP contribution in [0.5, 0.6) is 0 Å². The van der Waals surface area contributed by atoms with Gasteiger partial charge in [-0.3, -0.25) is 4.79 Å². The number of amides is 1. The van der Waals surface area contributed by atoms with Crippen molar-refractivity contribution in [3.63, 3.8) is 0 Å². The molecule has 1 amide bonds. The van der Waals surface area contributed by atoms with Crippen LogP contribution in [0.1, 0.15) is 96.7 Å². The molecule has 1 aromatic heterocycles. The first kappa shape index (κ1) is 23.6. The second kappa shape index (κ2) is 7.62. The van der Waals surface area contributed by atoms with E-state index < -0.39 is 5.67 Å². The topological polar surface area (TPSA) is 59.2 Å². The molecule has 0 aliphatic heterocycles. The van der Waals surface area contributed by atoms with Crippen molar-refractivity contribution >= 4 is 27.5 Å². The maximum Gasteiger partial charge on any atom is 0.232 e. The molecule has 6 saturated carbocycles. The van der Waals surface area contributed by atoms with Crippen LogP contribution >= 0.6 is 15.9 Å². The minimum Gasteiger partial charge on any atom is -0.339 e. The van der Waals surface area contributed by atoms with Crippen molar-refractivity contribution in [2.45, 2.75) is 101 Å². The fraction of sp³-hybridized carbons (Fsp3) is 0.679. The third-order valence-corrected chi connectivity index (χ3v) is 9.95. The van der Waals surface area contributed by atoms with Gasteiger partial charge in [0, 0.05) is 34.0 Å². The van der Waals surface area contributed by atoms with Gasteiger partial charge in [0.2, 0.25) is 11.8 Å². The van der Waals surface area contributed by atoms with E-state index in [1.165, 1.54) is 0 Å². The summed E-state index contributed by atoms with van der Waals surface area (Å²) < 4.78 is 20.7. The lowest BCUT2D eigenvalue weighted by Gasteiger charge is -2.66. The molecule has 1 heterocycles. The average Bonchev–Trinajstić information content (AvgIpc) is 3.29. The molecule has 2 aromatic rings. The fourth-order valence-electron chi connectivity index (χ4n) is 7.35. The predicted octanol–water partition coefficient (Wildman–Crippen LogP) is 7.04. The van der Waals surface area contributed by atoms with Gasteiger partial charge in [-0.2, -0.15) is 4.98 Å². The molecular weight excluding hydrogens is 509 g/mol. The number of fused-ring (bicyclic) bond motifs is 3. The lowest BCUT2D eigenvalue weighted by atomic mass is 9.41. The van der Waals surface area contributed by atoms with Gasteiger partial charge in [-0.25, -0.2) is 4.39 Å². The van der Waals surface area contributed by atoms with E-state index in [1.54, 1.807) is 0 Å². The van der Waals surface area contributed by atoms with Crippen molar-refractivity contribution in [3.8, 4) is 0 Å². The van der Waals surface area contributed by atoms with Crippen LogP contribution in [0.4, 0.5) is 10.1 Å². The summed E-state index contributed by atoms with van der Waals surface area (Å²) >= 11 is 3.58. The minimum atomic E-state index is -0.975. The Kier molecular flexibility index (Phi) is 5.15. The Labute approximate surface area is 215 Å². The highest BCUT2D eigenvalue weighted by Crippen LogP contribution is 2.71. The molecule has 0 spiro atoms. The van der Waals surface area contributed by atoms with E-state index in [4.69, 9.17) is 9.51 Å². The number of nitrogens with zero attached hydrogens (tertiary/aromatic N) is 3. The molecular formula is C28H35BrFN3O2. The molecule has 6 fully saturated rings. The second-order valence-corrected chi connectivity index (χ2v) is 14.2. The summed E-state index contributed by atoms with van der Waals surface area (Å²) in [4.78, 5) is 20.5. The lowest BCUT2D eigenvalue weighted by molar-refractivity contribution is -0.215. The summed E-state index contributed by atoms with van der Waals surface area (Å²) in [6, 6.07) is 8.05. The Hall–Kier alpha value is -1.76. The van der Waals surface area contributed by atoms with Gasteiger partial charge < -0.3 is 9.42 Å². The Morgan fingerprint density at radius 1 is 1.09 bits per heavy atom. The Balaban J connectivity index is 1.20. The maximum atomic E-state index is 14.1. The van der Waals surface area contributed by atoms with Crippen LogP contribution in [-0.4, -0.2) is 28.3 Å². The van der Waals surface area contributed by atoms with Crippen LogP contribution in [0, 0.1) is 10.8 Å². The first-order chi connectivity index (χ1) is 16.4. The minimum absolute atomic E-state index is 0.000639. The van der Waals surface area contributed by atoms with Crippen molar-refractivity contribution in [2.75, 3.05) is 11.4 Å². The standard InChI is InChI=1S/C28H35BrFN3O2/c1-24(2,3)23-31-22(32-35-23)27-10-7-25(8-11-27,9-12-27)18-33(20-6-4-5-19(29)13-20)21(34)14-26-15-28(30,16-26)17-26/h4-6,13H,7-12,14-18H2,1-3H3. The summed E-state index contributed by atoms with van der Waals surface area (Å²) in [7, 11) is 0. The van der Waals surface area contributed by atoms with Crippen molar-refractivity contribution in [1.29, 1.82) is 0 Å². The van der Waals surface area contributed by atoms with Crippen LogP contribution < -0.4 is 4.90 Å². The zero-order valence-corrected chi connectivity index (χ0v) is 22.6. The SMILES string of the molecule is CC(C)(C)c1nc(C23CCC(CN(C(=O)CC45CC(F)(C4)C5)c4cccc(Br)c4)(CC2)CC3)no1. The van der Waals surface area contributed by atoms with E-state index in [0.29, 0.717) is 31.6 Å². The highest BCUT2D eigenvalue weighted by molar-refractivity contribution is 9.10. The van der Waals surface area contributed by atoms with Gasteiger partial charge in [-0.15, -0.1) is 0 Å². The Morgan fingerprint density at radius 3 is 2.29 bits per heavy atom. The van der Waals surface area contributed by atoms with E-state index in [9.17, 15) is 9.18 Å². The predicted molar refractivity (Wildman–Crippen MR) is 136 cm³/mol. The van der Waals surface area contributed by atoms with Gasteiger partial charge >= 0.3 is 0 Å². The number of rotatable bonds is 6. The first-order valence-electron chi connectivity index (χ1n) is 13.0. The highest BCUT2D eigenvalue weighted by atomic mass is 79.9. The van der Waals surface area contributed by atoms with Gasteiger partial charge in [0.1, 0.15) is 5.67 Å². The Bertz CT molecular complexity index is 1120. The number of carbonyl (C=O) groups excluding carboxylic acids is 1. The summed E-state index contributed by atoms with van der Waals surface area (Å²) in [5.41, 5.74) is -0.168. The fourth-order valence-corrected chi connectivity index (χ4v) is 7.73. The van der Waals surface area contributed by atoms with Crippen molar-refractivity contribution in [2.24, 2.45) is 10.8 Å². The molecule has 5 nitrogen and oxygen atoms in total. The van der Waals surface area contributed by atoms with Gasteiger partial charge in [0.05, 0.1) is 0 Å². The number of benzene rings is 1. The van der Waals surface area contributed by atoms with Gasteiger partial charge in [0.25, 0.3) is 0 Å². The number of carbonyl (C=O) groups is 1. The third kappa shape index (κ3) is 3.96. The largest absolute Gasteiger partial charge is 0.339 e. The number of halogens is 2. The molecule has 0 atom stereocenters.